The number of carbonyl (C=O) groups excluding carboxylic acids is 1. The first-order valence-corrected chi connectivity index (χ1v) is 11.4. The molecular weight excluding hydrogens is 438 g/mol. The minimum atomic E-state index is -0.225. The zero-order chi connectivity index (χ0) is 22.0. The highest BCUT2D eigenvalue weighted by Gasteiger charge is 2.18. The fourth-order valence-corrected chi connectivity index (χ4v) is 4.81. The molecule has 31 heavy (non-hydrogen) atoms. The fourth-order valence-electron chi connectivity index (χ4n) is 3.25. The van der Waals surface area contributed by atoms with E-state index < -0.39 is 0 Å². The number of thiophene rings is 1. The Morgan fingerprint density at radius 3 is 2.81 bits per heavy atom. The summed E-state index contributed by atoms with van der Waals surface area (Å²) in [6, 6.07) is 7.06. The van der Waals surface area contributed by atoms with Crippen molar-refractivity contribution in [2.24, 2.45) is 0 Å². The second-order valence-electron chi connectivity index (χ2n) is 6.61. The van der Waals surface area contributed by atoms with E-state index >= 15 is 0 Å². The van der Waals surface area contributed by atoms with Crippen molar-refractivity contribution in [3.63, 3.8) is 0 Å². The molecule has 0 bridgehead atoms. The summed E-state index contributed by atoms with van der Waals surface area (Å²) in [5.41, 5.74) is 1.21. The molecule has 0 radical (unpaired) electrons. The molecule has 0 aliphatic carbocycles. The van der Waals surface area contributed by atoms with Gasteiger partial charge in [-0.05, 0) is 30.0 Å². The Hall–Kier alpha value is -3.05. The van der Waals surface area contributed by atoms with Crippen LogP contribution in [0.4, 0.5) is 5.69 Å². The molecule has 0 saturated heterocycles. The zero-order valence-electron chi connectivity index (χ0n) is 17.2. The van der Waals surface area contributed by atoms with Crippen molar-refractivity contribution >= 4 is 50.7 Å². The Kier molecular flexibility index (Phi) is 6.14. The van der Waals surface area contributed by atoms with E-state index in [0.717, 1.165) is 11.9 Å². The number of hydrogen-bond donors (Lipinski definition) is 1. The summed E-state index contributed by atoms with van der Waals surface area (Å²) >= 11 is 2.64. The van der Waals surface area contributed by atoms with Gasteiger partial charge in [0.25, 0.3) is 5.56 Å². The van der Waals surface area contributed by atoms with E-state index in [4.69, 9.17) is 9.47 Å². The lowest BCUT2D eigenvalue weighted by Crippen LogP contribution is -2.22. The quantitative estimate of drug-likeness (QED) is 0.404. The maximum absolute atomic E-state index is 12.8. The van der Waals surface area contributed by atoms with E-state index in [2.05, 4.69) is 15.5 Å². The third kappa shape index (κ3) is 3.98. The molecular formula is C20H21N5O4S2. The summed E-state index contributed by atoms with van der Waals surface area (Å²) in [5, 5.41) is 13.7. The molecule has 3 heterocycles. The maximum atomic E-state index is 12.8. The van der Waals surface area contributed by atoms with Crippen LogP contribution < -0.4 is 20.3 Å². The average Bonchev–Trinajstić information content (AvgIpc) is 3.42. The SMILES string of the molecule is CCCn1c(=O)c2sccc2n2c(SCC(=O)Nc3cc(OC)ccc3OC)nnc12. The molecule has 162 valence electrons. The highest BCUT2D eigenvalue weighted by molar-refractivity contribution is 7.99. The summed E-state index contributed by atoms with van der Waals surface area (Å²) < 4.78 is 14.6. The highest BCUT2D eigenvalue weighted by atomic mass is 32.2. The Morgan fingerprint density at radius 2 is 2.06 bits per heavy atom. The summed E-state index contributed by atoms with van der Waals surface area (Å²) in [6.45, 7) is 2.56. The Balaban J connectivity index is 1.60. The van der Waals surface area contributed by atoms with Gasteiger partial charge in [0, 0.05) is 12.6 Å². The first-order chi connectivity index (χ1) is 15.1. The number of thioether (sulfide) groups is 1. The van der Waals surface area contributed by atoms with E-state index in [0.29, 0.717) is 39.4 Å². The molecule has 4 rings (SSSR count). The number of amides is 1. The second-order valence-corrected chi connectivity index (χ2v) is 8.47. The Labute approximate surface area is 186 Å². The largest absolute Gasteiger partial charge is 0.497 e. The van der Waals surface area contributed by atoms with Gasteiger partial charge in [0.15, 0.2) is 5.16 Å². The number of benzene rings is 1. The van der Waals surface area contributed by atoms with Gasteiger partial charge in [0.2, 0.25) is 11.7 Å². The number of ether oxygens (including phenoxy) is 2. The summed E-state index contributed by atoms with van der Waals surface area (Å²) in [7, 11) is 3.10. The third-order valence-corrected chi connectivity index (χ3v) is 6.46. The van der Waals surface area contributed by atoms with E-state index in [1.807, 2.05) is 22.8 Å². The molecule has 11 heteroatoms. The lowest BCUT2D eigenvalue weighted by molar-refractivity contribution is -0.113. The first-order valence-electron chi connectivity index (χ1n) is 9.57. The predicted molar refractivity (Wildman–Crippen MR) is 122 cm³/mol. The third-order valence-electron chi connectivity index (χ3n) is 4.64. The number of methoxy groups -OCH3 is 2. The zero-order valence-corrected chi connectivity index (χ0v) is 18.9. The lowest BCUT2D eigenvalue weighted by atomic mass is 10.2. The number of carbonyl (C=O) groups is 1. The van der Waals surface area contributed by atoms with E-state index in [1.165, 1.54) is 30.2 Å². The number of aryl methyl sites for hydroxylation is 1. The monoisotopic (exact) mass is 459 g/mol. The van der Waals surface area contributed by atoms with E-state index in [1.54, 1.807) is 29.9 Å². The highest BCUT2D eigenvalue weighted by Crippen LogP contribution is 2.29. The van der Waals surface area contributed by atoms with Gasteiger partial charge in [-0.1, -0.05) is 18.7 Å². The molecule has 1 amide bonds. The number of nitrogens with one attached hydrogen (secondary N) is 1. The number of fused-ring (bicyclic) bond motifs is 3. The molecule has 0 atom stereocenters. The molecule has 0 saturated carbocycles. The van der Waals surface area contributed by atoms with Gasteiger partial charge in [0.05, 0.1) is 31.2 Å². The van der Waals surface area contributed by atoms with Crippen LogP contribution in [0.2, 0.25) is 0 Å². The fraction of sp³-hybridized carbons (Fsp3) is 0.300. The molecule has 0 aliphatic rings. The van der Waals surface area contributed by atoms with E-state index in [-0.39, 0.29) is 17.2 Å². The minimum absolute atomic E-state index is 0.0637. The normalized spacial score (nSPS) is 11.2. The molecule has 1 aromatic carbocycles. The average molecular weight is 460 g/mol. The molecule has 0 fully saturated rings. The van der Waals surface area contributed by atoms with Crippen LogP contribution in [0.15, 0.2) is 39.6 Å². The van der Waals surface area contributed by atoms with Crippen molar-refractivity contribution in [3.05, 3.63) is 40.0 Å². The topological polar surface area (TPSA) is 99.8 Å². The van der Waals surface area contributed by atoms with Gasteiger partial charge in [-0.15, -0.1) is 21.5 Å². The van der Waals surface area contributed by atoms with Crippen LogP contribution in [0.5, 0.6) is 11.5 Å². The van der Waals surface area contributed by atoms with Gasteiger partial charge >= 0.3 is 0 Å². The second kappa shape index (κ2) is 8.98. The molecule has 1 N–H and O–H groups in total. The van der Waals surface area contributed by atoms with Crippen molar-refractivity contribution < 1.29 is 14.3 Å². The van der Waals surface area contributed by atoms with Crippen LogP contribution in [-0.4, -0.2) is 45.0 Å². The number of hydrogen-bond acceptors (Lipinski definition) is 8. The van der Waals surface area contributed by atoms with Crippen molar-refractivity contribution in [2.45, 2.75) is 25.0 Å². The maximum Gasteiger partial charge on any atom is 0.272 e. The van der Waals surface area contributed by atoms with Crippen molar-refractivity contribution in [3.8, 4) is 11.5 Å². The summed E-state index contributed by atoms with van der Waals surface area (Å²) in [5.74, 6) is 1.52. The van der Waals surface area contributed by atoms with Crippen LogP contribution in [0, 0.1) is 0 Å². The number of rotatable bonds is 8. The van der Waals surface area contributed by atoms with Crippen molar-refractivity contribution in [1.29, 1.82) is 0 Å². The molecule has 0 aliphatic heterocycles. The Bertz CT molecular complexity index is 1310. The standard InChI is InChI=1S/C20H21N5O4S2/c1-4-8-24-18(27)17-14(7-9-30-17)25-19(24)22-23-20(25)31-11-16(26)21-13-10-12(28-2)5-6-15(13)29-3/h5-7,9-10H,4,8,11H2,1-3H3,(H,21,26). The van der Waals surface area contributed by atoms with Gasteiger partial charge in [-0.2, -0.15) is 0 Å². The molecule has 0 spiro atoms. The smallest absolute Gasteiger partial charge is 0.272 e. The summed E-state index contributed by atoms with van der Waals surface area (Å²) in [4.78, 5) is 25.4. The van der Waals surface area contributed by atoms with Gasteiger partial charge in [0.1, 0.15) is 16.2 Å². The van der Waals surface area contributed by atoms with Crippen LogP contribution in [0.1, 0.15) is 13.3 Å². The van der Waals surface area contributed by atoms with Crippen LogP contribution in [0.3, 0.4) is 0 Å². The number of aromatic nitrogens is 4. The van der Waals surface area contributed by atoms with Crippen molar-refractivity contribution in [1.82, 2.24) is 19.2 Å². The van der Waals surface area contributed by atoms with Gasteiger partial charge < -0.3 is 14.8 Å². The van der Waals surface area contributed by atoms with Gasteiger partial charge in [-0.3, -0.25) is 18.6 Å². The first kappa shape index (κ1) is 21.2. The predicted octanol–water partition coefficient (Wildman–Crippen LogP) is 3.26. The van der Waals surface area contributed by atoms with Crippen LogP contribution in [0.25, 0.3) is 16.0 Å². The van der Waals surface area contributed by atoms with Gasteiger partial charge in [-0.25, -0.2) is 0 Å². The summed E-state index contributed by atoms with van der Waals surface area (Å²) in [6.07, 6.45) is 0.798. The minimum Gasteiger partial charge on any atom is -0.497 e. The van der Waals surface area contributed by atoms with Crippen molar-refractivity contribution in [2.75, 3.05) is 25.3 Å². The lowest BCUT2D eigenvalue weighted by Gasteiger charge is -2.11. The molecule has 9 nitrogen and oxygen atoms in total. The molecule has 3 aromatic heterocycles. The van der Waals surface area contributed by atoms with Crippen LogP contribution in [-0.2, 0) is 11.3 Å². The molecule has 4 aromatic rings. The van der Waals surface area contributed by atoms with E-state index in [9.17, 15) is 9.59 Å². The molecule has 0 unspecified atom stereocenters. The Morgan fingerprint density at radius 1 is 1.23 bits per heavy atom. The number of anilines is 1. The van der Waals surface area contributed by atoms with Crippen LogP contribution >= 0.6 is 23.1 Å². The number of nitrogens with zero attached hydrogens (tertiary/aromatic N) is 4.